The molecule has 0 saturated carbocycles. The SMILES string of the molecule is COCCCN1CC(=O)N[C@H]2CN(C(=O)c3sccc3C)CC[C@H]2OCc2cccc(c2)Oc2ccc(cc2OC)CCC1=O. The van der Waals surface area contributed by atoms with Gasteiger partial charge in [0.2, 0.25) is 11.8 Å². The van der Waals surface area contributed by atoms with E-state index in [-0.39, 0.29) is 36.8 Å². The van der Waals surface area contributed by atoms with Crippen LogP contribution in [0.25, 0.3) is 0 Å². The number of carbonyl (C=O) groups is 3. The molecule has 0 unspecified atom stereocenters. The monoisotopic (exact) mass is 635 g/mol. The Labute approximate surface area is 268 Å². The molecule has 11 heteroatoms. The van der Waals surface area contributed by atoms with Crippen molar-refractivity contribution in [1.82, 2.24) is 15.1 Å². The molecule has 1 aromatic heterocycles. The van der Waals surface area contributed by atoms with E-state index in [0.29, 0.717) is 74.2 Å². The van der Waals surface area contributed by atoms with Gasteiger partial charge >= 0.3 is 0 Å². The molecule has 4 heterocycles. The molecule has 0 aliphatic carbocycles. The van der Waals surface area contributed by atoms with Crippen LogP contribution in [0.2, 0.25) is 0 Å². The molecular weight excluding hydrogens is 594 g/mol. The Hall–Kier alpha value is -3.93. The Balaban J connectivity index is 1.41. The van der Waals surface area contributed by atoms with Gasteiger partial charge in [0, 0.05) is 39.8 Å². The summed E-state index contributed by atoms with van der Waals surface area (Å²) < 4.78 is 23.4. The summed E-state index contributed by atoms with van der Waals surface area (Å²) in [6, 6.07) is 14.8. The highest BCUT2D eigenvalue weighted by Crippen LogP contribution is 2.33. The highest BCUT2D eigenvalue weighted by molar-refractivity contribution is 7.12. The predicted octanol–water partition coefficient (Wildman–Crippen LogP) is 4.58. The normalized spacial score (nSPS) is 19.5. The first-order valence-corrected chi connectivity index (χ1v) is 16.2. The molecule has 0 spiro atoms. The molecule has 4 bridgehead atoms. The lowest BCUT2D eigenvalue weighted by Crippen LogP contribution is -2.58. The van der Waals surface area contributed by atoms with Crippen molar-refractivity contribution < 1.29 is 33.3 Å². The molecule has 45 heavy (non-hydrogen) atoms. The molecule has 1 fully saturated rings. The molecule has 3 aromatic rings. The van der Waals surface area contributed by atoms with Gasteiger partial charge in [-0.25, -0.2) is 0 Å². The number of benzene rings is 2. The van der Waals surface area contributed by atoms with Gasteiger partial charge in [0.15, 0.2) is 11.5 Å². The lowest BCUT2D eigenvalue weighted by molar-refractivity contribution is -0.137. The number of thiophene rings is 1. The van der Waals surface area contributed by atoms with Crippen LogP contribution in [-0.4, -0.2) is 86.7 Å². The molecule has 1 N–H and O–H groups in total. The van der Waals surface area contributed by atoms with Crippen LogP contribution in [0.5, 0.6) is 17.2 Å². The molecule has 2 aromatic carbocycles. The van der Waals surface area contributed by atoms with Gasteiger partial charge in [-0.3, -0.25) is 14.4 Å². The summed E-state index contributed by atoms with van der Waals surface area (Å²) in [6.07, 6.45) is 1.52. The van der Waals surface area contributed by atoms with Gasteiger partial charge in [0.25, 0.3) is 5.91 Å². The van der Waals surface area contributed by atoms with Crippen molar-refractivity contribution >= 4 is 29.1 Å². The first kappa shape index (κ1) is 32.5. The van der Waals surface area contributed by atoms with Gasteiger partial charge in [-0.05, 0) is 78.6 Å². The topological polar surface area (TPSA) is 107 Å². The van der Waals surface area contributed by atoms with Gasteiger partial charge < -0.3 is 34.1 Å². The molecule has 240 valence electrons. The lowest BCUT2D eigenvalue weighted by atomic mass is 10.0. The molecule has 6 rings (SSSR count). The number of methoxy groups -OCH3 is 2. The van der Waals surface area contributed by atoms with Crippen molar-refractivity contribution in [1.29, 1.82) is 0 Å². The van der Waals surface area contributed by atoms with Gasteiger partial charge in [-0.15, -0.1) is 11.3 Å². The molecule has 1 saturated heterocycles. The zero-order valence-electron chi connectivity index (χ0n) is 26.1. The van der Waals surface area contributed by atoms with Crippen molar-refractivity contribution in [2.45, 2.75) is 51.4 Å². The van der Waals surface area contributed by atoms with Crippen LogP contribution in [0.1, 0.15) is 45.6 Å². The summed E-state index contributed by atoms with van der Waals surface area (Å²) in [7, 11) is 3.20. The highest BCUT2D eigenvalue weighted by atomic mass is 32.1. The number of likely N-dealkylation sites (tertiary alicyclic amines) is 1. The minimum Gasteiger partial charge on any atom is -0.493 e. The zero-order valence-corrected chi connectivity index (χ0v) is 26.9. The lowest BCUT2D eigenvalue weighted by Gasteiger charge is -2.39. The van der Waals surface area contributed by atoms with Crippen molar-refractivity contribution in [3.8, 4) is 17.2 Å². The predicted molar refractivity (Wildman–Crippen MR) is 171 cm³/mol. The summed E-state index contributed by atoms with van der Waals surface area (Å²) in [6.45, 7) is 3.80. The number of hydrogen-bond donors (Lipinski definition) is 1. The number of rotatable bonds is 6. The maximum absolute atomic E-state index is 13.5. The van der Waals surface area contributed by atoms with E-state index in [1.54, 1.807) is 24.0 Å². The standard InChI is InChI=1S/C34H41N3O7S/c1-23-13-17-45-33(23)34(40)37-15-12-28-27(20-37)35-31(38)21-36(14-5-16-41-2)32(39)11-9-24-8-10-29(30(19-24)42-3)44-26-7-4-6-25(18-26)22-43-28/h4,6-8,10,13,17-19,27-28H,5,9,11-12,14-16,20-22H2,1-3H3,(H,35,38)/t27-,28+/m0/s1. The van der Waals surface area contributed by atoms with Crippen LogP contribution in [0, 0.1) is 6.92 Å². The quantitative estimate of drug-likeness (QED) is 0.395. The number of hydrogen-bond acceptors (Lipinski definition) is 8. The number of nitrogens with zero attached hydrogens (tertiary/aromatic N) is 2. The second-order valence-corrected chi connectivity index (χ2v) is 12.3. The Morgan fingerprint density at radius 2 is 1.96 bits per heavy atom. The Bertz CT molecular complexity index is 1490. The molecule has 10 nitrogen and oxygen atoms in total. The van der Waals surface area contributed by atoms with Gasteiger partial charge in [0.1, 0.15) is 5.75 Å². The largest absolute Gasteiger partial charge is 0.493 e. The van der Waals surface area contributed by atoms with Crippen molar-refractivity contribution in [3.05, 3.63) is 75.5 Å². The van der Waals surface area contributed by atoms with Gasteiger partial charge in [-0.2, -0.15) is 0 Å². The van der Waals surface area contributed by atoms with Crippen LogP contribution in [0.3, 0.4) is 0 Å². The molecule has 2 atom stereocenters. The van der Waals surface area contributed by atoms with E-state index in [9.17, 15) is 14.4 Å². The van der Waals surface area contributed by atoms with E-state index in [1.165, 1.54) is 11.3 Å². The van der Waals surface area contributed by atoms with E-state index >= 15 is 0 Å². The molecular formula is C34H41N3O7S. The fourth-order valence-corrected chi connectivity index (χ4v) is 6.59. The fraction of sp³-hybridized carbons (Fsp3) is 0.441. The first-order chi connectivity index (χ1) is 21.8. The van der Waals surface area contributed by atoms with Crippen LogP contribution in [0.4, 0.5) is 0 Å². The van der Waals surface area contributed by atoms with Crippen molar-refractivity contribution in [2.24, 2.45) is 0 Å². The van der Waals surface area contributed by atoms with Crippen LogP contribution in [0.15, 0.2) is 53.9 Å². The maximum atomic E-state index is 13.5. The van der Waals surface area contributed by atoms with Gasteiger partial charge in [-0.1, -0.05) is 18.2 Å². The number of aryl methyl sites for hydroxylation is 2. The molecule has 3 aliphatic heterocycles. The second kappa shape index (κ2) is 15.4. The average Bonchev–Trinajstić information content (AvgIpc) is 3.48. The van der Waals surface area contributed by atoms with Crippen molar-refractivity contribution in [2.75, 3.05) is 47.0 Å². The summed E-state index contributed by atoms with van der Waals surface area (Å²) in [5.74, 6) is 1.30. The van der Waals surface area contributed by atoms with Gasteiger partial charge in [0.05, 0.1) is 37.3 Å². The maximum Gasteiger partial charge on any atom is 0.264 e. The fourth-order valence-electron chi connectivity index (χ4n) is 5.70. The number of piperidine rings is 1. The number of carbonyl (C=O) groups excluding carboxylic acids is 3. The third-order valence-electron chi connectivity index (χ3n) is 8.15. The zero-order chi connectivity index (χ0) is 31.8. The minimum absolute atomic E-state index is 0.0470. The summed E-state index contributed by atoms with van der Waals surface area (Å²) >= 11 is 1.42. The third-order valence-corrected chi connectivity index (χ3v) is 9.15. The van der Waals surface area contributed by atoms with Crippen LogP contribution >= 0.6 is 11.3 Å². The molecule has 0 radical (unpaired) electrons. The smallest absolute Gasteiger partial charge is 0.264 e. The Morgan fingerprint density at radius 1 is 1.09 bits per heavy atom. The number of amides is 3. The van der Waals surface area contributed by atoms with Crippen LogP contribution < -0.4 is 14.8 Å². The summed E-state index contributed by atoms with van der Waals surface area (Å²) in [4.78, 5) is 44.4. The van der Waals surface area contributed by atoms with E-state index < -0.39 is 6.04 Å². The van der Waals surface area contributed by atoms with E-state index in [4.69, 9.17) is 18.9 Å². The van der Waals surface area contributed by atoms with E-state index in [1.807, 2.05) is 60.8 Å². The van der Waals surface area contributed by atoms with Crippen LogP contribution in [-0.2, 0) is 32.1 Å². The van der Waals surface area contributed by atoms with E-state index in [0.717, 1.165) is 16.7 Å². The molecule has 3 aliphatic rings. The summed E-state index contributed by atoms with van der Waals surface area (Å²) in [5, 5.41) is 5.03. The highest BCUT2D eigenvalue weighted by Gasteiger charge is 2.35. The average molecular weight is 636 g/mol. The Kier molecular flexibility index (Phi) is 11.1. The number of nitrogens with one attached hydrogen (secondary N) is 1. The Morgan fingerprint density at radius 3 is 2.73 bits per heavy atom. The third kappa shape index (κ3) is 8.42. The second-order valence-electron chi connectivity index (χ2n) is 11.4. The molecule has 3 amide bonds. The summed E-state index contributed by atoms with van der Waals surface area (Å²) in [5.41, 5.74) is 2.77. The van der Waals surface area contributed by atoms with Crippen molar-refractivity contribution in [3.63, 3.8) is 0 Å². The van der Waals surface area contributed by atoms with E-state index in [2.05, 4.69) is 5.32 Å². The number of fused-ring (bicyclic) bond motifs is 9. The minimum atomic E-state index is -0.451. The first-order valence-electron chi connectivity index (χ1n) is 15.3. The number of ether oxygens (including phenoxy) is 4.